The van der Waals surface area contributed by atoms with E-state index in [0.29, 0.717) is 17.7 Å². The standard InChI is InChI=1S/C15H17NO2/c1-5-14(17)12-9-11(10(3)4)7-8-13(12)16-15(18)6-2/h6-9H,2-3,5H2,1,4H3,(H,16,18). The van der Waals surface area contributed by atoms with Gasteiger partial charge in [0.2, 0.25) is 5.91 Å². The summed E-state index contributed by atoms with van der Waals surface area (Å²) in [6.45, 7) is 10.9. The molecule has 1 amide bonds. The molecule has 0 saturated heterocycles. The number of carbonyl (C=O) groups excluding carboxylic acids is 2. The number of allylic oxidation sites excluding steroid dienone is 1. The van der Waals surface area contributed by atoms with E-state index in [1.165, 1.54) is 6.08 Å². The van der Waals surface area contributed by atoms with E-state index in [1.807, 2.05) is 13.0 Å². The average molecular weight is 243 g/mol. The van der Waals surface area contributed by atoms with Crippen LogP contribution in [0.2, 0.25) is 0 Å². The van der Waals surface area contributed by atoms with Gasteiger partial charge < -0.3 is 5.32 Å². The second-order valence-corrected chi connectivity index (χ2v) is 4.01. The molecule has 0 aliphatic carbocycles. The minimum atomic E-state index is -0.330. The van der Waals surface area contributed by atoms with Crippen molar-refractivity contribution < 1.29 is 9.59 Å². The van der Waals surface area contributed by atoms with E-state index in [1.54, 1.807) is 19.1 Å². The Morgan fingerprint density at radius 1 is 1.39 bits per heavy atom. The Morgan fingerprint density at radius 3 is 2.56 bits per heavy atom. The summed E-state index contributed by atoms with van der Waals surface area (Å²) in [6, 6.07) is 5.30. The third-order valence-electron chi connectivity index (χ3n) is 2.58. The molecule has 0 saturated carbocycles. The molecule has 1 N–H and O–H groups in total. The first kappa shape index (κ1) is 13.9. The van der Waals surface area contributed by atoms with Crippen molar-refractivity contribution in [2.45, 2.75) is 20.3 Å². The molecule has 1 aromatic carbocycles. The highest BCUT2D eigenvalue weighted by Gasteiger charge is 2.12. The topological polar surface area (TPSA) is 46.2 Å². The molecule has 0 aliphatic heterocycles. The third-order valence-corrected chi connectivity index (χ3v) is 2.58. The molecule has 94 valence electrons. The number of anilines is 1. The number of ketones is 1. The van der Waals surface area contributed by atoms with Gasteiger partial charge in [0.1, 0.15) is 0 Å². The van der Waals surface area contributed by atoms with Crippen molar-refractivity contribution in [1.29, 1.82) is 0 Å². The highest BCUT2D eigenvalue weighted by molar-refractivity contribution is 6.07. The Morgan fingerprint density at radius 2 is 2.06 bits per heavy atom. The molecule has 0 radical (unpaired) electrons. The van der Waals surface area contributed by atoms with Crippen molar-refractivity contribution in [2.24, 2.45) is 0 Å². The summed E-state index contributed by atoms with van der Waals surface area (Å²) in [4.78, 5) is 23.2. The molecule has 0 bridgehead atoms. The van der Waals surface area contributed by atoms with Gasteiger partial charge in [0, 0.05) is 12.0 Å². The van der Waals surface area contributed by atoms with Gasteiger partial charge in [-0.2, -0.15) is 0 Å². The first-order valence-corrected chi connectivity index (χ1v) is 5.76. The Hall–Kier alpha value is -2.16. The van der Waals surface area contributed by atoms with Gasteiger partial charge in [0.05, 0.1) is 5.69 Å². The Kier molecular flexibility index (Phi) is 4.60. The predicted molar refractivity (Wildman–Crippen MR) is 74.6 cm³/mol. The second kappa shape index (κ2) is 5.96. The highest BCUT2D eigenvalue weighted by Crippen LogP contribution is 2.22. The normalized spacial score (nSPS) is 9.67. The monoisotopic (exact) mass is 243 g/mol. The fourth-order valence-electron chi connectivity index (χ4n) is 1.52. The summed E-state index contributed by atoms with van der Waals surface area (Å²) >= 11 is 0. The fourth-order valence-corrected chi connectivity index (χ4v) is 1.52. The summed E-state index contributed by atoms with van der Waals surface area (Å²) in [5, 5.41) is 2.63. The van der Waals surface area contributed by atoms with Crippen LogP contribution in [-0.4, -0.2) is 11.7 Å². The van der Waals surface area contributed by atoms with E-state index >= 15 is 0 Å². The van der Waals surface area contributed by atoms with Gasteiger partial charge in [-0.3, -0.25) is 9.59 Å². The number of rotatable bonds is 5. The lowest BCUT2D eigenvalue weighted by atomic mass is 10.00. The number of hydrogen-bond acceptors (Lipinski definition) is 2. The van der Waals surface area contributed by atoms with Gasteiger partial charge in [-0.05, 0) is 30.7 Å². The Bertz CT molecular complexity index is 515. The molecule has 0 unspecified atom stereocenters. The summed E-state index contributed by atoms with van der Waals surface area (Å²) < 4.78 is 0. The summed E-state index contributed by atoms with van der Waals surface area (Å²) in [7, 11) is 0. The van der Waals surface area contributed by atoms with Crippen LogP contribution in [0.15, 0.2) is 37.4 Å². The lowest BCUT2D eigenvalue weighted by Gasteiger charge is -2.11. The smallest absolute Gasteiger partial charge is 0.247 e. The zero-order chi connectivity index (χ0) is 13.7. The largest absolute Gasteiger partial charge is 0.322 e. The number of hydrogen-bond donors (Lipinski definition) is 1. The van der Waals surface area contributed by atoms with E-state index in [0.717, 1.165) is 11.1 Å². The van der Waals surface area contributed by atoms with E-state index in [9.17, 15) is 9.59 Å². The van der Waals surface area contributed by atoms with Crippen LogP contribution in [0.1, 0.15) is 36.2 Å². The van der Waals surface area contributed by atoms with Crippen LogP contribution in [0.5, 0.6) is 0 Å². The van der Waals surface area contributed by atoms with Gasteiger partial charge in [-0.1, -0.05) is 31.7 Å². The van der Waals surface area contributed by atoms with Gasteiger partial charge in [-0.15, -0.1) is 0 Å². The Balaban J connectivity index is 3.24. The van der Waals surface area contributed by atoms with E-state index in [2.05, 4.69) is 18.5 Å². The van der Waals surface area contributed by atoms with Crippen molar-refractivity contribution in [2.75, 3.05) is 5.32 Å². The van der Waals surface area contributed by atoms with Gasteiger partial charge in [0.15, 0.2) is 5.78 Å². The molecule has 18 heavy (non-hydrogen) atoms. The number of nitrogens with one attached hydrogen (secondary N) is 1. The zero-order valence-corrected chi connectivity index (χ0v) is 10.7. The van der Waals surface area contributed by atoms with Crippen LogP contribution in [-0.2, 0) is 4.79 Å². The predicted octanol–water partition coefficient (Wildman–Crippen LogP) is 3.44. The minimum Gasteiger partial charge on any atom is -0.322 e. The summed E-state index contributed by atoms with van der Waals surface area (Å²) in [6.07, 6.45) is 1.56. The molecule has 0 atom stereocenters. The number of Topliss-reactive ketones (excluding diaryl/α,β-unsaturated/α-hetero) is 1. The molecule has 0 spiro atoms. The quantitative estimate of drug-likeness (QED) is 0.636. The highest BCUT2D eigenvalue weighted by atomic mass is 16.1. The molecule has 1 aromatic rings. The van der Waals surface area contributed by atoms with Gasteiger partial charge in [-0.25, -0.2) is 0 Å². The lowest BCUT2D eigenvalue weighted by Crippen LogP contribution is -2.12. The van der Waals surface area contributed by atoms with Gasteiger partial charge >= 0.3 is 0 Å². The van der Waals surface area contributed by atoms with Crippen LogP contribution in [0.4, 0.5) is 5.69 Å². The van der Waals surface area contributed by atoms with Crippen molar-refractivity contribution in [1.82, 2.24) is 0 Å². The molecule has 0 fully saturated rings. The first-order valence-electron chi connectivity index (χ1n) is 5.76. The van der Waals surface area contributed by atoms with Crippen LogP contribution in [0.3, 0.4) is 0 Å². The molecule has 3 heteroatoms. The fraction of sp³-hybridized carbons (Fsp3) is 0.200. The molecule has 0 aromatic heterocycles. The molecule has 0 aliphatic rings. The van der Waals surface area contributed by atoms with Crippen molar-refractivity contribution in [3.8, 4) is 0 Å². The number of amides is 1. The molecule has 1 rings (SSSR count). The number of benzene rings is 1. The van der Waals surface area contributed by atoms with Crippen molar-refractivity contribution >= 4 is 23.0 Å². The molecule has 0 heterocycles. The maximum Gasteiger partial charge on any atom is 0.247 e. The van der Waals surface area contributed by atoms with E-state index in [4.69, 9.17) is 0 Å². The minimum absolute atomic E-state index is 0.0162. The SMILES string of the molecule is C=CC(=O)Nc1ccc(C(=C)C)cc1C(=O)CC. The van der Waals surface area contributed by atoms with Crippen LogP contribution >= 0.6 is 0 Å². The third kappa shape index (κ3) is 3.17. The van der Waals surface area contributed by atoms with Crippen LogP contribution in [0, 0.1) is 0 Å². The second-order valence-electron chi connectivity index (χ2n) is 4.01. The maximum atomic E-state index is 11.9. The van der Waals surface area contributed by atoms with Gasteiger partial charge in [0.25, 0.3) is 0 Å². The first-order chi connectivity index (χ1) is 8.49. The van der Waals surface area contributed by atoms with Crippen LogP contribution in [0.25, 0.3) is 5.57 Å². The van der Waals surface area contributed by atoms with Crippen LogP contribution < -0.4 is 5.32 Å². The molecular weight excluding hydrogens is 226 g/mol. The summed E-state index contributed by atoms with van der Waals surface area (Å²) in [5.41, 5.74) is 2.79. The molecule has 3 nitrogen and oxygen atoms in total. The van der Waals surface area contributed by atoms with E-state index < -0.39 is 0 Å². The van der Waals surface area contributed by atoms with E-state index in [-0.39, 0.29) is 11.7 Å². The zero-order valence-electron chi connectivity index (χ0n) is 10.7. The average Bonchev–Trinajstić information content (AvgIpc) is 2.37. The molecular formula is C15H17NO2. The summed E-state index contributed by atoms with van der Waals surface area (Å²) in [5.74, 6) is -0.347. The van der Waals surface area contributed by atoms with Crippen molar-refractivity contribution in [3.05, 3.63) is 48.6 Å². The Labute approximate surface area is 107 Å². The maximum absolute atomic E-state index is 11.9. The lowest BCUT2D eigenvalue weighted by molar-refractivity contribution is -0.111. The van der Waals surface area contributed by atoms with Crippen molar-refractivity contribution in [3.63, 3.8) is 0 Å². The number of carbonyl (C=O) groups is 2.